The van der Waals surface area contributed by atoms with Gasteiger partial charge >= 0.3 is 46.2 Å². The Labute approximate surface area is 196 Å². The third kappa shape index (κ3) is 4.96. The molecular formula is C16H20F7NO8S3. The molecule has 35 heavy (non-hydrogen) atoms. The van der Waals surface area contributed by atoms with Crippen LogP contribution in [0, 0.1) is 10.6 Å². The first kappa shape index (κ1) is 31.3. The van der Waals surface area contributed by atoms with Gasteiger partial charge in [0.1, 0.15) is 5.75 Å². The number of quaternary nitrogens is 1. The van der Waals surface area contributed by atoms with Gasteiger partial charge in [-0.1, -0.05) is 39.8 Å². The van der Waals surface area contributed by atoms with Crippen molar-refractivity contribution >= 4 is 30.2 Å². The summed E-state index contributed by atoms with van der Waals surface area (Å²) in [5.41, 5.74) is -6.58. The minimum absolute atomic E-state index is 0.188. The molecule has 0 fully saturated rings. The van der Waals surface area contributed by atoms with Crippen LogP contribution in [0.4, 0.5) is 30.7 Å². The second kappa shape index (κ2) is 8.70. The highest BCUT2D eigenvalue weighted by Crippen LogP contribution is 2.48. The Kier molecular flexibility index (Phi) is 7.79. The Hall–Kier alpha value is -1.70. The Morgan fingerprint density at radius 3 is 1.54 bits per heavy atom. The van der Waals surface area contributed by atoms with Crippen LogP contribution in [0.15, 0.2) is 24.3 Å². The predicted octanol–water partition coefficient (Wildman–Crippen LogP) is 3.85. The summed E-state index contributed by atoms with van der Waals surface area (Å²) in [5.74, 6) is -1.21. The van der Waals surface area contributed by atoms with Gasteiger partial charge < -0.3 is 9.39 Å². The molecule has 204 valence electrons. The van der Waals surface area contributed by atoms with Crippen LogP contribution in [0.1, 0.15) is 39.2 Å². The molecule has 0 bridgehead atoms. The zero-order valence-corrected chi connectivity index (χ0v) is 20.9. The maximum absolute atomic E-state index is 14.3. The van der Waals surface area contributed by atoms with E-state index in [2.05, 4.69) is 4.18 Å². The number of sulfonamides is 2. The van der Waals surface area contributed by atoms with E-state index >= 15 is 0 Å². The molecule has 0 saturated heterocycles. The lowest BCUT2D eigenvalue weighted by Crippen LogP contribution is -2.64. The number of nitrogens with zero attached hydrogens (tertiary/aromatic N) is 1. The van der Waals surface area contributed by atoms with Crippen LogP contribution in [-0.4, -0.2) is 51.8 Å². The van der Waals surface area contributed by atoms with Gasteiger partial charge in [0.05, 0.1) is 7.05 Å². The maximum atomic E-state index is 14.3. The van der Waals surface area contributed by atoms with E-state index in [9.17, 15) is 61.2 Å². The molecule has 0 amide bonds. The number of hydrogen-bond acceptors (Lipinski definition) is 8. The Balaban J connectivity index is 3.50. The first-order valence-electron chi connectivity index (χ1n) is 9.03. The number of alkyl halides is 7. The molecule has 0 N–H and O–H groups in total. The topological polar surface area (TPSA) is 135 Å². The van der Waals surface area contributed by atoms with E-state index in [1.807, 2.05) is 20.8 Å². The van der Waals surface area contributed by atoms with Crippen molar-refractivity contribution in [2.75, 3.05) is 7.05 Å². The van der Waals surface area contributed by atoms with Gasteiger partial charge in [0.2, 0.25) is 0 Å². The van der Waals surface area contributed by atoms with E-state index in [0.717, 1.165) is 12.1 Å². The van der Waals surface area contributed by atoms with Crippen molar-refractivity contribution in [1.82, 2.24) is 0 Å². The summed E-state index contributed by atoms with van der Waals surface area (Å²) >= 11 is 0. The number of rotatable bonds is 8. The van der Waals surface area contributed by atoms with Gasteiger partial charge in [0.15, 0.2) is 0 Å². The summed E-state index contributed by atoms with van der Waals surface area (Å²) in [6, 6.07) is 3.85. The molecule has 0 aromatic heterocycles. The summed E-state index contributed by atoms with van der Waals surface area (Å²) in [6.45, 7) is 7.24. The largest absolute Gasteiger partial charge is 0.601 e. The van der Waals surface area contributed by atoms with Crippen molar-refractivity contribution in [3.05, 3.63) is 35.0 Å². The summed E-state index contributed by atoms with van der Waals surface area (Å²) < 4.78 is 163. The molecule has 2 unspecified atom stereocenters. The van der Waals surface area contributed by atoms with Gasteiger partial charge in [-0.3, -0.25) is 0 Å². The highest BCUT2D eigenvalue weighted by molar-refractivity contribution is 8.00. The normalized spacial score (nSPS) is 17.5. The molecule has 19 heteroatoms. The Morgan fingerprint density at radius 1 is 0.800 bits per heavy atom. The van der Waals surface area contributed by atoms with E-state index in [1.54, 1.807) is 6.92 Å². The van der Waals surface area contributed by atoms with E-state index in [1.165, 1.54) is 12.1 Å². The van der Waals surface area contributed by atoms with Gasteiger partial charge in [-0.25, -0.2) is 0 Å². The fourth-order valence-electron chi connectivity index (χ4n) is 2.31. The summed E-state index contributed by atoms with van der Waals surface area (Å²) in [5, 5.41) is -2.37. The van der Waals surface area contributed by atoms with E-state index in [-0.39, 0.29) is 11.3 Å². The molecule has 0 heterocycles. The fraction of sp³-hybridized carbons (Fsp3) is 0.625. The van der Waals surface area contributed by atoms with E-state index in [4.69, 9.17) is 0 Å². The molecule has 1 aromatic carbocycles. The van der Waals surface area contributed by atoms with Crippen LogP contribution < -0.4 is 4.18 Å². The van der Waals surface area contributed by atoms with Crippen molar-refractivity contribution in [1.29, 1.82) is 0 Å². The number of halogens is 7. The lowest BCUT2D eigenvalue weighted by molar-refractivity contribution is -0.593. The van der Waals surface area contributed by atoms with Crippen LogP contribution in [-0.2, 0) is 30.2 Å². The first-order chi connectivity index (χ1) is 15.1. The van der Waals surface area contributed by atoms with E-state index < -0.39 is 62.4 Å². The van der Waals surface area contributed by atoms with Crippen molar-refractivity contribution in [3.8, 4) is 5.75 Å². The van der Waals surface area contributed by atoms with Crippen molar-refractivity contribution < 1.29 is 63.6 Å². The Bertz CT molecular complexity index is 1270. The zero-order chi connectivity index (χ0) is 28.3. The third-order valence-corrected chi connectivity index (χ3v) is 10.9. The molecule has 9 nitrogen and oxygen atoms in total. The smallest absolute Gasteiger partial charge is 0.551 e. The van der Waals surface area contributed by atoms with Crippen molar-refractivity contribution in [2.24, 2.45) is 5.41 Å². The van der Waals surface area contributed by atoms with Crippen molar-refractivity contribution in [2.45, 2.75) is 49.6 Å². The standard InChI is InChI=1S/C16H20F7NO8S3/c1-10(13(2,3)4)11-6-8-12(9-7-11)32-35(30,31)15(19,20)14(17,18)33(26,27)24(5,25)34(28,29)16(21,22)23/h6-10H,1-5H3. The van der Waals surface area contributed by atoms with Gasteiger partial charge in [0.25, 0.3) is 0 Å². The molecule has 0 aliphatic heterocycles. The number of hydroxylamine groups is 1. The summed E-state index contributed by atoms with van der Waals surface area (Å²) in [6.07, 6.45) is 0. The predicted molar refractivity (Wildman–Crippen MR) is 107 cm³/mol. The first-order valence-corrected chi connectivity index (χ1v) is 13.3. The monoisotopic (exact) mass is 583 g/mol. The van der Waals surface area contributed by atoms with Crippen LogP contribution in [0.25, 0.3) is 0 Å². The fourth-order valence-corrected chi connectivity index (χ4v) is 6.36. The number of hydrogen-bond donors (Lipinski definition) is 0. The van der Waals surface area contributed by atoms with Gasteiger partial charge in [-0.2, -0.15) is 56.0 Å². The zero-order valence-electron chi connectivity index (χ0n) is 18.5. The molecule has 0 aliphatic rings. The molecule has 0 aliphatic carbocycles. The lowest BCUT2D eigenvalue weighted by atomic mass is 9.78. The maximum Gasteiger partial charge on any atom is 0.551 e. The minimum Gasteiger partial charge on any atom is -0.601 e. The average Bonchev–Trinajstić information content (AvgIpc) is 2.65. The van der Waals surface area contributed by atoms with Gasteiger partial charge in [-0.05, 0) is 29.0 Å². The molecule has 0 radical (unpaired) electrons. The van der Waals surface area contributed by atoms with Crippen LogP contribution >= 0.6 is 0 Å². The molecule has 2 atom stereocenters. The Morgan fingerprint density at radius 2 is 1.20 bits per heavy atom. The van der Waals surface area contributed by atoms with Gasteiger partial charge in [0, 0.05) is 0 Å². The van der Waals surface area contributed by atoms with Crippen LogP contribution in [0.2, 0.25) is 0 Å². The average molecular weight is 584 g/mol. The molecule has 1 rings (SSSR count). The van der Waals surface area contributed by atoms with E-state index in [0.29, 0.717) is 5.56 Å². The SMILES string of the molecule is CC(c1ccc(OS(=O)(=O)C(F)(F)C(F)(F)S(=O)(=O)[N+](C)([O-])S(=O)(=O)C(F)(F)F)cc1)C(C)(C)C. The summed E-state index contributed by atoms with van der Waals surface area (Å²) in [4.78, 5) is 0. The summed E-state index contributed by atoms with van der Waals surface area (Å²) in [7, 11) is -23.8. The highest BCUT2D eigenvalue weighted by atomic mass is 32.3. The lowest BCUT2D eigenvalue weighted by Gasteiger charge is -2.37. The quantitative estimate of drug-likeness (QED) is 0.195. The molecular weight excluding hydrogens is 563 g/mol. The second-order valence-corrected chi connectivity index (χ2v) is 14.5. The van der Waals surface area contributed by atoms with Gasteiger partial charge in [-0.15, -0.1) is 3.46 Å². The molecule has 1 aromatic rings. The minimum atomic E-state index is -8.01. The number of benzene rings is 1. The molecule has 0 spiro atoms. The second-order valence-electron chi connectivity index (χ2n) is 8.39. The molecule has 0 saturated carbocycles. The van der Waals surface area contributed by atoms with Crippen LogP contribution in [0.5, 0.6) is 5.75 Å². The van der Waals surface area contributed by atoms with Crippen LogP contribution in [0.3, 0.4) is 0 Å². The van der Waals surface area contributed by atoms with Crippen molar-refractivity contribution in [3.63, 3.8) is 0 Å². The third-order valence-electron chi connectivity index (χ3n) is 5.03. The highest BCUT2D eigenvalue weighted by Gasteiger charge is 2.81.